The van der Waals surface area contributed by atoms with Crippen molar-refractivity contribution in [3.8, 4) is 0 Å². The Bertz CT molecular complexity index is 111. The molecular weight excluding hydrogens is 151 g/mol. The lowest BCUT2D eigenvalue weighted by molar-refractivity contribution is 0.443. The highest BCUT2D eigenvalue weighted by Gasteiger charge is 2.14. The van der Waals surface area contributed by atoms with Gasteiger partial charge in [-0.2, -0.15) is 0 Å². The van der Waals surface area contributed by atoms with E-state index in [0.717, 1.165) is 12.3 Å². The summed E-state index contributed by atoms with van der Waals surface area (Å²) in [7, 11) is 2.90. The van der Waals surface area contributed by atoms with Crippen LogP contribution in [-0.2, 0) is 0 Å². The molecule has 0 aliphatic heterocycles. The van der Waals surface area contributed by atoms with Gasteiger partial charge < -0.3 is 0 Å². The fraction of sp³-hybridized carbons (Fsp3) is 0.800. The van der Waals surface area contributed by atoms with Gasteiger partial charge in [0.25, 0.3) is 0 Å². The molecule has 0 fully saturated rings. The van der Waals surface area contributed by atoms with Gasteiger partial charge in [-0.05, 0) is 30.3 Å². The van der Waals surface area contributed by atoms with Crippen LogP contribution in [0.2, 0.25) is 0 Å². The van der Waals surface area contributed by atoms with Gasteiger partial charge in [0, 0.05) is 0 Å². The van der Waals surface area contributed by atoms with Crippen LogP contribution < -0.4 is 0 Å². The van der Waals surface area contributed by atoms with E-state index in [-0.39, 0.29) is 0 Å². The average Bonchev–Trinajstić information content (AvgIpc) is 1.79. The molecule has 0 saturated heterocycles. The zero-order valence-corrected chi connectivity index (χ0v) is 9.22. The van der Waals surface area contributed by atoms with Gasteiger partial charge in [0.1, 0.15) is 0 Å². The molecule has 66 valence electrons. The van der Waals surface area contributed by atoms with Gasteiger partial charge in [0.2, 0.25) is 0 Å². The van der Waals surface area contributed by atoms with Crippen LogP contribution in [0.15, 0.2) is 12.7 Å². The summed E-state index contributed by atoms with van der Waals surface area (Å²) in [6.45, 7) is 10.6. The predicted octanol–water partition coefficient (Wildman–Crippen LogP) is 3.63. The maximum absolute atomic E-state index is 3.72. The summed E-state index contributed by atoms with van der Waals surface area (Å²) in [5, 5.41) is 0.403. The summed E-state index contributed by atoms with van der Waals surface area (Å²) < 4.78 is 0. The van der Waals surface area contributed by atoms with Gasteiger partial charge in [-0.1, -0.05) is 26.8 Å². The lowest BCUT2D eigenvalue weighted by atomic mass is 9.94. The normalized spacial score (nSPS) is 14.5. The van der Waals surface area contributed by atoms with Crippen molar-refractivity contribution < 1.29 is 0 Å². The van der Waals surface area contributed by atoms with Crippen molar-refractivity contribution in [3.05, 3.63) is 12.7 Å². The second kappa shape index (κ2) is 4.93. The minimum Gasteiger partial charge on any atom is -0.132 e. The quantitative estimate of drug-likeness (QED) is 0.439. The van der Waals surface area contributed by atoms with E-state index in [1.165, 1.54) is 12.8 Å². The lowest BCUT2D eigenvalue weighted by Crippen LogP contribution is -2.14. The summed E-state index contributed by atoms with van der Waals surface area (Å²) in [6.07, 6.45) is 5.72. The summed E-state index contributed by atoms with van der Waals surface area (Å²) in [4.78, 5) is 0. The van der Waals surface area contributed by atoms with Crippen molar-refractivity contribution in [2.24, 2.45) is 5.92 Å². The fourth-order valence-electron chi connectivity index (χ4n) is 1.40. The molecule has 0 aromatic heterocycles. The summed E-state index contributed by atoms with van der Waals surface area (Å²) in [5.41, 5.74) is 0. The highest BCUT2D eigenvalue weighted by atomic mass is 31.0. The lowest BCUT2D eigenvalue weighted by Gasteiger charge is -2.22. The molecule has 0 N–H and O–H groups in total. The fourth-order valence-corrected chi connectivity index (χ4v) is 1.80. The molecule has 0 aliphatic rings. The van der Waals surface area contributed by atoms with Crippen molar-refractivity contribution in [2.45, 2.75) is 45.2 Å². The van der Waals surface area contributed by atoms with Gasteiger partial charge in [-0.25, -0.2) is 0 Å². The minimum atomic E-state index is 0.403. The van der Waals surface area contributed by atoms with Crippen LogP contribution in [0.4, 0.5) is 0 Å². The van der Waals surface area contributed by atoms with Crippen molar-refractivity contribution in [2.75, 3.05) is 0 Å². The van der Waals surface area contributed by atoms with Crippen molar-refractivity contribution in [1.82, 2.24) is 0 Å². The van der Waals surface area contributed by atoms with Crippen LogP contribution in [-0.4, -0.2) is 5.16 Å². The zero-order chi connectivity index (χ0) is 8.91. The molecule has 0 rings (SSSR count). The third-order valence-electron chi connectivity index (χ3n) is 1.74. The topological polar surface area (TPSA) is 0 Å². The SMILES string of the molecule is C=CCCC(C)CC(C)(C)P. The molecule has 0 heterocycles. The summed E-state index contributed by atoms with van der Waals surface area (Å²) >= 11 is 0. The number of allylic oxidation sites excluding steroid dienone is 1. The molecule has 1 heteroatoms. The molecule has 0 saturated carbocycles. The second-order valence-electron chi connectivity index (χ2n) is 4.16. The molecule has 2 atom stereocenters. The molecule has 0 amide bonds. The first-order chi connectivity index (χ1) is 4.95. The molecule has 2 unspecified atom stereocenters. The first kappa shape index (κ1) is 11.2. The molecule has 0 aromatic carbocycles. The highest BCUT2D eigenvalue weighted by molar-refractivity contribution is 7.18. The highest BCUT2D eigenvalue weighted by Crippen LogP contribution is 2.27. The van der Waals surface area contributed by atoms with E-state index in [2.05, 4.69) is 36.6 Å². The van der Waals surface area contributed by atoms with Gasteiger partial charge in [-0.15, -0.1) is 15.8 Å². The number of hydrogen-bond acceptors (Lipinski definition) is 0. The van der Waals surface area contributed by atoms with E-state index in [4.69, 9.17) is 0 Å². The molecule has 0 radical (unpaired) electrons. The molecule has 0 spiro atoms. The largest absolute Gasteiger partial charge is 0.132 e. The first-order valence-electron chi connectivity index (χ1n) is 4.35. The smallest absolute Gasteiger partial charge is 0.0204 e. The van der Waals surface area contributed by atoms with Gasteiger partial charge >= 0.3 is 0 Å². The third kappa shape index (κ3) is 8.07. The Balaban J connectivity index is 3.51. The number of rotatable bonds is 5. The maximum Gasteiger partial charge on any atom is -0.0204 e. The van der Waals surface area contributed by atoms with E-state index < -0.39 is 0 Å². The minimum absolute atomic E-state index is 0.403. The Morgan fingerprint density at radius 1 is 1.55 bits per heavy atom. The zero-order valence-electron chi connectivity index (χ0n) is 8.06. The average molecular weight is 172 g/mol. The summed E-state index contributed by atoms with van der Waals surface area (Å²) in [6, 6.07) is 0. The van der Waals surface area contributed by atoms with E-state index >= 15 is 0 Å². The van der Waals surface area contributed by atoms with E-state index in [1.807, 2.05) is 6.08 Å². The van der Waals surface area contributed by atoms with Crippen LogP contribution in [0.1, 0.15) is 40.0 Å². The predicted molar refractivity (Wildman–Crippen MR) is 57.0 cm³/mol. The standard InChI is InChI=1S/C10H21P/c1-5-6-7-9(2)8-10(3,4)11/h5,9H,1,6-8,11H2,2-4H3. The second-order valence-corrected chi connectivity index (χ2v) is 5.73. The van der Waals surface area contributed by atoms with E-state index in [1.54, 1.807) is 0 Å². The molecular formula is C10H21P. The Morgan fingerprint density at radius 3 is 2.45 bits per heavy atom. The third-order valence-corrected chi connectivity index (χ3v) is 1.97. The van der Waals surface area contributed by atoms with Gasteiger partial charge in [0.15, 0.2) is 0 Å². The molecule has 0 aliphatic carbocycles. The van der Waals surface area contributed by atoms with Crippen LogP contribution in [0.5, 0.6) is 0 Å². The van der Waals surface area contributed by atoms with Crippen molar-refractivity contribution in [1.29, 1.82) is 0 Å². The van der Waals surface area contributed by atoms with Crippen LogP contribution in [0.3, 0.4) is 0 Å². The molecule has 11 heavy (non-hydrogen) atoms. The summed E-state index contributed by atoms with van der Waals surface area (Å²) in [5.74, 6) is 0.820. The van der Waals surface area contributed by atoms with Crippen LogP contribution in [0.25, 0.3) is 0 Å². The molecule has 0 nitrogen and oxygen atoms in total. The molecule has 0 bridgehead atoms. The Kier molecular flexibility index (Phi) is 5.01. The van der Waals surface area contributed by atoms with Crippen molar-refractivity contribution >= 4 is 9.24 Å². The van der Waals surface area contributed by atoms with E-state index in [0.29, 0.717) is 5.16 Å². The van der Waals surface area contributed by atoms with E-state index in [9.17, 15) is 0 Å². The Labute approximate surface area is 73.7 Å². The first-order valence-corrected chi connectivity index (χ1v) is 4.93. The maximum atomic E-state index is 3.72. The Morgan fingerprint density at radius 2 is 2.09 bits per heavy atom. The van der Waals surface area contributed by atoms with Gasteiger partial charge in [-0.3, -0.25) is 0 Å². The Hall–Kier alpha value is 0.170. The van der Waals surface area contributed by atoms with Crippen LogP contribution >= 0.6 is 9.24 Å². The monoisotopic (exact) mass is 172 g/mol. The van der Waals surface area contributed by atoms with Gasteiger partial charge in [0.05, 0.1) is 0 Å². The number of hydrogen-bond donors (Lipinski definition) is 0. The van der Waals surface area contributed by atoms with Crippen molar-refractivity contribution in [3.63, 3.8) is 0 Å². The van der Waals surface area contributed by atoms with Crippen LogP contribution in [0, 0.1) is 5.92 Å². The molecule has 0 aromatic rings.